The van der Waals surface area contributed by atoms with Crippen LogP contribution in [0.1, 0.15) is 50.2 Å². The summed E-state index contributed by atoms with van der Waals surface area (Å²) in [5.41, 5.74) is 4.34. The molecule has 0 atom stereocenters. The molecule has 0 spiro atoms. The van der Waals surface area contributed by atoms with Crippen LogP contribution in [0.15, 0.2) is 84.1 Å². The van der Waals surface area contributed by atoms with Crippen molar-refractivity contribution in [2.45, 2.75) is 58.2 Å². The van der Waals surface area contributed by atoms with Gasteiger partial charge in [-0.05, 0) is 73.2 Å². The van der Waals surface area contributed by atoms with Crippen molar-refractivity contribution < 1.29 is 27.5 Å². The first-order valence-corrected chi connectivity index (χ1v) is 15.7. The van der Waals surface area contributed by atoms with Crippen LogP contribution in [0.4, 0.5) is 18.9 Å². The summed E-state index contributed by atoms with van der Waals surface area (Å²) in [4.78, 5) is 35.6. The van der Waals surface area contributed by atoms with E-state index < -0.39 is 6.36 Å². The van der Waals surface area contributed by atoms with E-state index in [1.54, 1.807) is 4.90 Å². The molecule has 0 radical (unpaired) electrons. The third-order valence-corrected chi connectivity index (χ3v) is 8.03. The maximum Gasteiger partial charge on any atom is 0.573 e. The van der Waals surface area contributed by atoms with Gasteiger partial charge in [-0.15, -0.1) is 18.3 Å². The van der Waals surface area contributed by atoms with Crippen LogP contribution in [0.2, 0.25) is 0 Å². The second-order valence-electron chi connectivity index (χ2n) is 10.5. The molecule has 234 valence electrons. The van der Waals surface area contributed by atoms with E-state index in [4.69, 9.17) is 0 Å². The van der Waals surface area contributed by atoms with Crippen LogP contribution in [-0.4, -0.2) is 43.9 Å². The molecule has 0 bridgehead atoms. The van der Waals surface area contributed by atoms with Gasteiger partial charge in [0.1, 0.15) is 12.1 Å². The Balaban J connectivity index is 1.11. The highest BCUT2D eigenvalue weighted by Gasteiger charge is 2.32. The van der Waals surface area contributed by atoms with E-state index in [1.165, 1.54) is 47.0 Å². The Kier molecular flexibility index (Phi) is 10.3. The molecular weight excluding hydrogens is 603 g/mol. The number of amides is 2. The highest BCUT2D eigenvalue weighted by Crippen LogP contribution is 2.31. The topological polar surface area (TPSA) is 89.7 Å². The molecule has 2 heterocycles. The van der Waals surface area contributed by atoms with Gasteiger partial charge in [0.15, 0.2) is 11.0 Å². The molecule has 3 aromatic carbocycles. The molecule has 0 aliphatic carbocycles. The van der Waals surface area contributed by atoms with Crippen LogP contribution < -0.4 is 9.64 Å². The summed E-state index contributed by atoms with van der Waals surface area (Å²) in [6.07, 6.45) is 2.09. The lowest BCUT2D eigenvalue weighted by molar-refractivity contribution is -0.274. The maximum atomic E-state index is 12.7. The van der Waals surface area contributed by atoms with Crippen LogP contribution in [0.5, 0.6) is 5.75 Å². The number of nitrogens with zero attached hydrogens (tertiary/aromatic N) is 5. The van der Waals surface area contributed by atoms with E-state index in [-0.39, 0.29) is 23.3 Å². The van der Waals surface area contributed by atoms with Crippen LogP contribution in [-0.2, 0) is 22.4 Å². The first-order valence-electron chi connectivity index (χ1n) is 14.7. The van der Waals surface area contributed by atoms with Gasteiger partial charge >= 0.3 is 6.36 Å². The average molecular weight is 636 g/mol. The summed E-state index contributed by atoms with van der Waals surface area (Å²) in [6, 6.07) is 21.0. The van der Waals surface area contributed by atoms with Crippen molar-refractivity contribution in [3.8, 4) is 22.8 Å². The fraction of sp³-hybridized carbons (Fsp3) is 0.303. The van der Waals surface area contributed by atoms with Crippen molar-refractivity contribution in [2.75, 3.05) is 10.7 Å². The lowest BCUT2D eigenvalue weighted by atomic mass is 10.0. The number of para-hydroxylation sites is 1. The number of rotatable bonds is 12. The molecule has 8 nitrogen and oxygen atoms in total. The Morgan fingerprint density at radius 2 is 1.80 bits per heavy atom. The first kappa shape index (κ1) is 32.0. The number of halogens is 3. The van der Waals surface area contributed by atoms with E-state index in [0.717, 1.165) is 54.5 Å². The second kappa shape index (κ2) is 14.6. The van der Waals surface area contributed by atoms with Gasteiger partial charge in [-0.1, -0.05) is 67.9 Å². The van der Waals surface area contributed by atoms with E-state index in [0.29, 0.717) is 29.5 Å². The largest absolute Gasteiger partial charge is 0.573 e. The number of carbonyl (C=O) groups is 2. The molecule has 45 heavy (non-hydrogen) atoms. The number of unbranched alkanes of at least 4 members (excludes halogenated alkanes) is 2. The molecule has 2 amide bonds. The third kappa shape index (κ3) is 8.59. The predicted octanol–water partition coefficient (Wildman–Crippen LogP) is 7.55. The van der Waals surface area contributed by atoms with Crippen molar-refractivity contribution in [1.29, 1.82) is 0 Å². The maximum absolute atomic E-state index is 12.7. The fourth-order valence-electron chi connectivity index (χ4n) is 5.02. The number of aliphatic imine (C=N–C) groups is 1. The van der Waals surface area contributed by atoms with E-state index in [1.807, 2.05) is 48.5 Å². The minimum absolute atomic E-state index is 0.0621. The lowest BCUT2D eigenvalue weighted by Gasteiger charge is -2.19. The molecule has 5 rings (SSSR count). The highest BCUT2D eigenvalue weighted by atomic mass is 32.2. The van der Waals surface area contributed by atoms with Gasteiger partial charge in [-0.25, -0.2) is 9.67 Å². The molecule has 0 saturated carbocycles. The molecular formula is C33H32F3N5O3S. The van der Waals surface area contributed by atoms with E-state index >= 15 is 0 Å². The van der Waals surface area contributed by atoms with Crippen LogP contribution >= 0.6 is 11.8 Å². The zero-order valence-electron chi connectivity index (χ0n) is 24.7. The summed E-state index contributed by atoms with van der Waals surface area (Å²) in [5.74, 6) is 0.169. The van der Waals surface area contributed by atoms with Crippen LogP contribution in [0.25, 0.3) is 17.1 Å². The van der Waals surface area contributed by atoms with Gasteiger partial charge in [0.25, 0.3) is 0 Å². The molecule has 0 unspecified atom stereocenters. The van der Waals surface area contributed by atoms with Crippen molar-refractivity contribution in [1.82, 2.24) is 14.8 Å². The molecule has 1 aliphatic rings. The molecule has 0 N–H and O–H groups in total. The highest BCUT2D eigenvalue weighted by molar-refractivity contribution is 8.15. The van der Waals surface area contributed by atoms with Crippen molar-refractivity contribution in [3.05, 3.63) is 90.3 Å². The first-order chi connectivity index (χ1) is 21.7. The number of hydrogen-bond acceptors (Lipinski definition) is 6. The summed E-state index contributed by atoms with van der Waals surface area (Å²) < 4.78 is 42.7. The number of aryl methyl sites for hydroxylation is 2. The van der Waals surface area contributed by atoms with Crippen molar-refractivity contribution in [2.24, 2.45) is 4.99 Å². The van der Waals surface area contributed by atoms with Crippen molar-refractivity contribution >= 4 is 34.4 Å². The van der Waals surface area contributed by atoms with E-state index in [2.05, 4.69) is 26.7 Å². The summed E-state index contributed by atoms with van der Waals surface area (Å²) in [6.45, 7) is 2.09. The number of alkyl halides is 3. The predicted molar refractivity (Wildman–Crippen MR) is 168 cm³/mol. The minimum Gasteiger partial charge on any atom is -0.406 e. The third-order valence-electron chi connectivity index (χ3n) is 7.11. The Bertz CT molecular complexity index is 1670. The molecule has 12 heteroatoms. The van der Waals surface area contributed by atoms with Gasteiger partial charge in [-0.2, -0.15) is 4.99 Å². The Morgan fingerprint density at radius 1 is 1.00 bits per heavy atom. The number of thioether (sulfide) groups is 1. The summed E-state index contributed by atoms with van der Waals surface area (Å²) >= 11 is 1.30. The normalized spacial score (nSPS) is 14.4. The number of benzene rings is 3. The van der Waals surface area contributed by atoms with Gasteiger partial charge < -0.3 is 4.74 Å². The van der Waals surface area contributed by atoms with Crippen LogP contribution in [0.3, 0.4) is 0 Å². The Morgan fingerprint density at radius 3 is 2.58 bits per heavy atom. The van der Waals surface area contributed by atoms with Gasteiger partial charge in [0, 0.05) is 12.0 Å². The Labute approximate surface area is 263 Å². The van der Waals surface area contributed by atoms with Gasteiger partial charge in [0.05, 0.1) is 17.1 Å². The summed E-state index contributed by atoms with van der Waals surface area (Å²) in [7, 11) is 0. The number of anilines is 1. The number of ether oxygens (including phenoxy) is 1. The molecule has 1 aliphatic heterocycles. The smallest absolute Gasteiger partial charge is 0.406 e. The minimum atomic E-state index is -4.75. The van der Waals surface area contributed by atoms with Gasteiger partial charge in [-0.3, -0.25) is 14.5 Å². The average Bonchev–Trinajstić information content (AvgIpc) is 3.64. The fourth-order valence-corrected chi connectivity index (χ4v) is 5.90. The van der Waals surface area contributed by atoms with Gasteiger partial charge in [0.2, 0.25) is 11.8 Å². The molecule has 1 saturated heterocycles. The standard InChI is InChI=1S/C33H32F3N5O3S/c1-2-9-24-12-6-7-14-28(24)41-30(43)21-45-32(41)38-29(42)15-5-3-4-10-23-11-8-13-25(20-23)31-37-22-40(39-31)26-16-18-27(19-17-26)44-33(34,35)36/h6-8,11-14,16-20,22H,2-5,9-10,15,21H2,1H3. The number of hydrogen-bond donors (Lipinski definition) is 0. The molecule has 1 aromatic heterocycles. The summed E-state index contributed by atoms with van der Waals surface area (Å²) in [5, 5.41) is 4.93. The monoisotopic (exact) mass is 635 g/mol. The SMILES string of the molecule is CCCc1ccccc1N1C(=O)CSC1=NC(=O)CCCCCc1cccc(-c2ncn(-c3ccc(OC(F)(F)F)cc3)n2)c1. The molecule has 1 fully saturated rings. The van der Waals surface area contributed by atoms with E-state index in [9.17, 15) is 22.8 Å². The quantitative estimate of drug-likeness (QED) is 0.149. The van der Waals surface area contributed by atoms with Crippen molar-refractivity contribution in [3.63, 3.8) is 0 Å². The lowest BCUT2D eigenvalue weighted by Crippen LogP contribution is -2.30. The van der Waals surface area contributed by atoms with Crippen LogP contribution in [0, 0.1) is 0 Å². The zero-order valence-corrected chi connectivity index (χ0v) is 25.5. The second-order valence-corrected chi connectivity index (χ2v) is 11.4. The number of amidine groups is 1. The molecule has 4 aromatic rings. The number of aromatic nitrogens is 3. The zero-order chi connectivity index (χ0) is 31.8. The number of carbonyl (C=O) groups excluding carboxylic acids is 2. The Hall–Kier alpha value is -4.45.